The van der Waals surface area contributed by atoms with Gasteiger partial charge in [-0.3, -0.25) is 0 Å². The van der Waals surface area contributed by atoms with E-state index in [1.165, 1.54) is 19.3 Å². The van der Waals surface area contributed by atoms with E-state index in [0.717, 1.165) is 23.3 Å². The number of hydrogen-bond donors (Lipinski definition) is 0. The van der Waals surface area contributed by atoms with Crippen molar-refractivity contribution in [1.82, 2.24) is 0 Å². The third kappa shape index (κ3) is 3.54. The molecule has 2 heteroatoms. The summed E-state index contributed by atoms with van der Waals surface area (Å²) >= 11 is 0. The van der Waals surface area contributed by atoms with Gasteiger partial charge >= 0.3 is 0 Å². The van der Waals surface area contributed by atoms with E-state index in [1.54, 1.807) is 0 Å². The Kier molecular flexibility index (Phi) is 6.39. The lowest BCUT2D eigenvalue weighted by atomic mass is 9.92. The van der Waals surface area contributed by atoms with Gasteiger partial charge in [-0.25, -0.2) is 0 Å². The Morgan fingerprint density at radius 2 is 2.00 bits per heavy atom. The van der Waals surface area contributed by atoms with Gasteiger partial charge in [0, 0.05) is 0 Å². The molecule has 1 unspecified atom stereocenters. The smallest absolute Gasteiger partial charge is 0.147 e. The maximum absolute atomic E-state index is 5.65. The van der Waals surface area contributed by atoms with Crippen LogP contribution in [0.1, 0.15) is 46.0 Å². The highest BCUT2D eigenvalue weighted by molar-refractivity contribution is 5.98. The van der Waals surface area contributed by atoms with E-state index in [9.17, 15) is 0 Å². The van der Waals surface area contributed by atoms with E-state index in [1.807, 2.05) is 6.08 Å². The Morgan fingerprint density at radius 1 is 1.33 bits per heavy atom. The molecule has 1 atom stereocenters. The fourth-order valence-corrected chi connectivity index (χ4v) is 2.09. The quantitative estimate of drug-likeness (QED) is 0.437. The minimum absolute atomic E-state index is 0.0109. The molecule has 0 fully saturated rings. The van der Waals surface area contributed by atoms with Crippen molar-refractivity contribution in [2.45, 2.75) is 51.6 Å². The van der Waals surface area contributed by atoms with Crippen LogP contribution in [-0.2, 0) is 4.43 Å². The summed E-state index contributed by atoms with van der Waals surface area (Å²) in [5, 5.41) is 0. The van der Waals surface area contributed by atoms with Gasteiger partial charge in [-0.2, -0.15) is 0 Å². The van der Waals surface area contributed by atoms with Crippen LogP contribution in [0.5, 0.6) is 0 Å². The molecular formula is C10H22OSi. The Balaban J connectivity index is 4.04. The summed E-state index contributed by atoms with van der Waals surface area (Å²) < 4.78 is 5.65. The fraction of sp³-hybridized carbons (Fsp3) is 0.800. The summed E-state index contributed by atoms with van der Waals surface area (Å²) in [4.78, 5) is 0. The third-order valence-corrected chi connectivity index (χ3v) is 3.22. The Labute approximate surface area is 79.7 Å². The minimum Gasteiger partial charge on any atom is -0.419 e. The first-order valence-corrected chi connectivity index (χ1v) is 5.75. The van der Waals surface area contributed by atoms with Crippen LogP contribution in [0.25, 0.3) is 0 Å². The molecule has 0 bridgehead atoms. The van der Waals surface area contributed by atoms with Crippen molar-refractivity contribution < 1.29 is 4.43 Å². The first-order chi connectivity index (χ1) is 5.74. The average Bonchev–Trinajstić information content (AvgIpc) is 2.13. The Morgan fingerprint density at radius 3 is 2.33 bits per heavy atom. The third-order valence-electron chi connectivity index (χ3n) is 2.41. The van der Waals surface area contributed by atoms with Gasteiger partial charge in [-0.05, 0) is 12.8 Å². The highest BCUT2D eigenvalue weighted by atomic mass is 28.2. The first kappa shape index (κ1) is 11.9. The van der Waals surface area contributed by atoms with Crippen LogP contribution in [-0.4, -0.2) is 16.1 Å². The monoisotopic (exact) mass is 186 g/mol. The molecule has 12 heavy (non-hydrogen) atoms. The molecule has 0 amide bonds. The van der Waals surface area contributed by atoms with Crippen LogP contribution in [0.15, 0.2) is 12.7 Å². The maximum atomic E-state index is 5.65. The summed E-state index contributed by atoms with van der Waals surface area (Å²) in [5.74, 6) is 0. The van der Waals surface area contributed by atoms with Gasteiger partial charge in [0.15, 0.2) is 0 Å². The second-order valence-electron chi connectivity index (χ2n) is 3.33. The molecule has 0 aliphatic carbocycles. The van der Waals surface area contributed by atoms with Gasteiger partial charge in [0.25, 0.3) is 0 Å². The average molecular weight is 186 g/mol. The molecule has 0 saturated heterocycles. The van der Waals surface area contributed by atoms with Crippen molar-refractivity contribution in [3.05, 3.63) is 12.7 Å². The maximum Gasteiger partial charge on any atom is 0.147 e. The zero-order chi connectivity index (χ0) is 9.45. The topological polar surface area (TPSA) is 9.23 Å². The second kappa shape index (κ2) is 6.43. The highest BCUT2D eigenvalue weighted by Crippen LogP contribution is 2.24. The van der Waals surface area contributed by atoms with Crippen LogP contribution < -0.4 is 0 Å². The molecule has 0 saturated carbocycles. The molecular weight excluding hydrogens is 164 g/mol. The van der Waals surface area contributed by atoms with Gasteiger partial charge in [0.05, 0.1) is 5.60 Å². The largest absolute Gasteiger partial charge is 0.419 e. The molecule has 0 spiro atoms. The van der Waals surface area contributed by atoms with Crippen LogP contribution in [0.3, 0.4) is 0 Å². The van der Waals surface area contributed by atoms with Crippen molar-refractivity contribution in [3.8, 4) is 0 Å². The van der Waals surface area contributed by atoms with Crippen molar-refractivity contribution >= 4 is 10.5 Å². The molecule has 0 radical (unpaired) electrons. The highest BCUT2D eigenvalue weighted by Gasteiger charge is 2.22. The molecule has 0 heterocycles. The molecule has 0 N–H and O–H groups in total. The van der Waals surface area contributed by atoms with E-state index < -0.39 is 0 Å². The summed E-state index contributed by atoms with van der Waals surface area (Å²) in [7, 11) is 0.816. The molecule has 0 aromatic carbocycles. The van der Waals surface area contributed by atoms with Gasteiger partial charge in [-0.1, -0.05) is 39.2 Å². The van der Waals surface area contributed by atoms with Crippen LogP contribution in [0.4, 0.5) is 0 Å². The predicted octanol–water partition coefficient (Wildman–Crippen LogP) is 2.20. The lowest BCUT2D eigenvalue weighted by molar-refractivity contribution is 0.109. The van der Waals surface area contributed by atoms with E-state index in [0.29, 0.717) is 0 Å². The summed E-state index contributed by atoms with van der Waals surface area (Å²) in [6, 6.07) is 0. The van der Waals surface area contributed by atoms with Crippen LogP contribution >= 0.6 is 0 Å². The van der Waals surface area contributed by atoms with Crippen LogP contribution in [0.2, 0.25) is 0 Å². The van der Waals surface area contributed by atoms with E-state index >= 15 is 0 Å². The molecule has 0 aliphatic heterocycles. The lowest BCUT2D eigenvalue weighted by Gasteiger charge is -2.29. The molecule has 0 aliphatic rings. The standard InChI is InChI=1S/C10H22OSi/c1-4-7-9-10(6-3,11-12)8-5-2/h6H,3-5,7-9H2,1-2,12H3. The zero-order valence-corrected chi connectivity index (χ0v) is 10.7. The molecule has 1 nitrogen and oxygen atoms in total. The summed E-state index contributed by atoms with van der Waals surface area (Å²) in [6.45, 7) is 8.29. The van der Waals surface area contributed by atoms with Gasteiger partial charge in [0.2, 0.25) is 0 Å². The fourth-order valence-electron chi connectivity index (χ4n) is 1.52. The predicted molar refractivity (Wildman–Crippen MR) is 58.4 cm³/mol. The van der Waals surface area contributed by atoms with E-state index in [-0.39, 0.29) is 5.60 Å². The zero-order valence-electron chi connectivity index (χ0n) is 8.73. The first-order valence-electron chi connectivity index (χ1n) is 4.93. The van der Waals surface area contributed by atoms with Gasteiger partial charge in [0.1, 0.15) is 10.5 Å². The molecule has 0 rings (SSSR count). The van der Waals surface area contributed by atoms with E-state index in [4.69, 9.17) is 4.43 Å². The van der Waals surface area contributed by atoms with Crippen molar-refractivity contribution in [3.63, 3.8) is 0 Å². The normalized spacial score (nSPS) is 15.8. The van der Waals surface area contributed by atoms with Gasteiger partial charge < -0.3 is 4.43 Å². The van der Waals surface area contributed by atoms with Crippen molar-refractivity contribution in [2.24, 2.45) is 0 Å². The SMILES string of the molecule is C=CC(CCC)(CCCC)O[SiH3]. The molecule has 72 valence electrons. The van der Waals surface area contributed by atoms with Crippen molar-refractivity contribution in [2.75, 3.05) is 0 Å². The van der Waals surface area contributed by atoms with E-state index in [2.05, 4.69) is 20.4 Å². The molecule has 0 aromatic rings. The van der Waals surface area contributed by atoms with Crippen molar-refractivity contribution in [1.29, 1.82) is 0 Å². The number of hydrogen-bond acceptors (Lipinski definition) is 1. The number of unbranched alkanes of at least 4 members (excludes halogenated alkanes) is 1. The lowest BCUT2D eigenvalue weighted by Crippen LogP contribution is -2.28. The Bertz CT molecular complexity index is 125. The molecule has 0 aromatic heterocycles. The van der Waals surface area contributed by atoms with Gasteiger partial charge in [-0.15, -0.1) is 6.58 Å². The summed E-state index contributed by atoms with van der Waals surface area (Å²) in [5.41, 5.74) is 0.0109. The second-order valence-corrected chi connectivity index (χ2v) is 3.73. The Hall–Kier alpha value is -0.0831. The number of rotatable bonds is 7. The van der Waals surface area contributed by atoms with Crippen LogP contribution in [0, 0.1) is 0 Å². The summed E-state index contributed by atoms with van der Waals surface area (Å²) in [6.07, 6.45) is 7.93. The minimum atomic E-state index is 0.0109.